The Kier molecular flexibility index (Phi) is 4.14. The Balaban J connectivity index is 1.90. The first kappa shape index (κ1) is 15.0. The molecule has 0 saturated heterocycles. The quantitative estimate of drug-likeness (QED) is 0.733. The number of nitrogen functional groups attached to an aromatic ring is 1. The van der Waals surface area contributed by atoms with Gasteiger partial charge in [0, 0.05) is 16.8 Å². The van der Waals surface area contributed by atoms with E-state index in [-0.39, 0.29) is 11.9 Å². The minimum atomic E-state index is -0.137. The summed E-state index contributed by atoms with van der Waals surface area (Å²) in [7, 11) is 0. The molecule has 0 radical (unpaired) electrons. The molecule has 0 atom stereocenters. The fourth-order valence-corrected chi connectivity index (χ4v) is 2.54. The second-order valence-electron chi connectivity index (χ2n) is 5.30. The molecule has 3 rings (SSSR count). The lowest BCUT2D eigenvalue weighted by molar-refractivity contribution is 0.0952. The van der Waals surface area contributed by atoms with Crippen LogP contribution in [0.5, 0.6) is 0 Å². The van der Waals surface area contributed by atoms with Crippen LogP contribution in [0.2, 0.25) is 10.0 Å². The smallest absolute Gasteiger partial charge is 0.253 e. The molecular formula is C16H15Cl2N3O. The number of hydrogen-bond acceptors (Lipinski definition) is 3. The van der Waals surface area contributed by atoms with Crippen LogP contribution in [-0.4, -0.2) is 11.9 Å². The van der Waals surface area contributed by atoms with E-state index in [0.29, 0.717) is 32.7 Å². The topological polar surface area (TPSA) is 67.1 Å². The Bertz CT molecular complexity index is 729. The summed E-state index contributed by atoms with van der Waals surface area (Å²) in [6.07, 6.45) is 2.06. The van der Waals surface area contributed by atoms with Crippen molar-refractivity contribution in [3.05, 3.63) is 52.0 Å². The molecule has 0 heterocycles. The zero-order chi connectivity index (χ0) is 15.7. The van der Waals surface area contributed by atoms with Gasteiger partial charge in [0.25, 0.3) is 5.91 Å². The van der Waals surface area contributed by atoms with Crippen LogP contribution >= 0.6 is 23.2 Å². The van der Waals surface area contributed by atoms with Crippen LogP contribution in [0.25, 0.3) is 0 Å². The van der Waals surface area contributed by atoms with Gasteiger partial charge in [0.15, 0.2) is 0 Å². The maximum atomic E-state index is 12.3. The highest BCUT2D eigenvalue weighted by Crippen LogP contribution is 2.31. The van der Waals surface area contributed by atoms with Crippen LogP contribution in [0.15, 0.2) is 36.4 Å². The Morgan fingerprint density at radius 2 is 1.82 bits per heavy atom. The molecule has 1 aliphatic rings. The van der Waals surface area contributed by atoms with Crippen molar-refractivity contribution in [2.24, 2.45) is 0 Å². The van der Waals surface area contributed by atoms with Crippen LogP contribution < -0.4 is 16.4 Å². The lowest BCUT2D eigenvalue weighted by atomic mass is 10.1. The average Bonchev–Trinajstić information content (AvgIpc) is 3.27. The van der Waals surface area contributed by atoms with Gasteiger partial charge in [0.05, 0.1) is 22.0 Å². The first-order chi connectivity index (χ1) is 10.5. The zero-order valence-corrected chi connectivity index (χ0v) is 13.2. The number of carbonyl (C=O) groups excluding carboxylic acids is 1. The van der Waals surface area contributed by atoms with Gasteiger partial charge in [-0.05, 0) is 49.2 Å². The average molecular weight is 336 g/mol. The monoisotopic (exact) mass is 335 g/mol. The number of carbonyl (C=O) groups is 1. The second kappa shape index (κ2) is 6.07. The van der Waals surface area contributed by atoms with E-state index in [0.717, 1.165) is 12.8 Å². The third-order valence-corrected chi connectivity index (χ3v) is 3.95. The van der Waals surface area contributed by atoms with E-state index >= 15 is 0 Å². The van der Waals surface area contributed by atoms with Gasteiger partial charge in [0.1, 0.15) is 0 Å². The van der Waals surface area contributed by atoms with Gasteiger partial charge in [-0.1, -0.05) is 23.2 Å². The van der Waals surface area contributed by atoms with Crippen molar-refractivity contribution in [3.63, 3.8) is 0 Å². The second-order valence-corrected chi connectivity index (χ2v) is 6.15. The predicted molar refractivity (Wildman–Crippen MR) is 91.1 cm³/mol. The van der Waals surface area contributed by atoms with Gasteiger partial charge in [-0.25, -0.2) is 0 Å². The molecule has 1 saturated carbocycles. The molecule has 114 valence electrons. The highest BCUT2D eigenvalue weighted by molar-refractivity contribution is 6.36. The molecule has 2 aromatic rings. The molecule has 6 heteroatoms. The summed E-state index contributed by atoms with van der Waals surface area (Å²) < 4.78 is 0. The summed E-state index contributed by atoms with van der Waals surface area (Å²) >= 11 is 12.1. The highest BCUT2D eigenvalue weighted by atomic mass is 35.5. The van der Waals surface area contributed by atoms with Crippen molar-refractivity contribution >= 4 is 46.2 Å². The summed E-state index contributed by atoms with van der Waals surface area (Å²) in [5, 5.41) is 7.16. The van der Waals surface area contributed by atoms with E-state index in [2.05, 4.69) is 10.6 Å². The van der Waals surface area contributed by atoms with Crippen molar-refractivity contribution in [2.45, 2.75) is 18.9 Å². The van der Waals surface area contributed by atoms with Gasteiger partial charge < -0.3 is 16.4 Å². The fraction of sp³-hybridized carbons (Fsp3) is 0.188. The summed E-state index contributed by atoms with van der Waals surface area (Å²) in [6.45, 7) is 0. The van der Waals surface area contributed by atoms with Crippen LogP contribution in [-0.2, 0) is 0 Å². The molecule has 0 aromatic heterocycles. The largest absolute Gasteiger partial charge is 0.399 e. The summed E-state index contributed by atoms with van der Waals surface area (Å²) in [5.74, 6) is -0.137. The lowest BCUT2D eigenvalue weighted by Gasteiger charge is -2.14. The minimum Gasteiger partial charge on any atom is -0.399 e. The number of amides is 1. The third kappa shape index (κ3) is 3.46. The van der Waals surface area contributed by atoms with Crippen molar-refractivity contribution in [2.75, 3.05) is 11.1 Å². The van der Waals surface area contributed by atoms with E-state index in [1.165, 1.54) is 0 Å². The molecule has 4 nitrogen and oxygen atoms in total. The Hall–Kier alpha value is -1.91. The van der Waals surface area contributed by atoms with Gasteiger partial charge in [-0.15, -0.1) is 0 Å². The normalized spacial score (nSPS) is 13.7. The maximum Gasteiger partial charge on any atom is 0.253 e. The molecule has 2 aromatic carbocycles. The van der Waals surface area contributed by atoms with Crippen LogP contribution in [0.1, 0.15) is 23.2 Å². The Morgan fingerprint density at radius 3 is 2.50 bits per heavy atom. The summed E-state index contributed by atoms with van der Waals surface area (Å²) in [6, 6.07) is 10.6. The lowest BCUT2D eigenvalue weighted by Crippen LogP contribution is -2.26. The van der Waals surface area contributed by atoms with E-state index in [1.54, 1.807) is 36.4 Å². The summed E-state index contributed by atoms with van der Waals surface area (Å²) in [5.41, 5.74) is 8.16. The van der Waals surface area contributed by atoms with Crippen molar-refractivity contribution < 1.29 is 4.79 Å². The highest BCUT2D eigenvalue weighted by Gasteiger charge is 2.25. The van der Waals surface area contributed by atoms with Gasteiger partial charge in [-0.3, -0.25) is 4.79 Å². The molecule has 1 amide bonds. The number of nitrogens with one attached hydrogen (secondary N) is 2. The molecule has 1 fully saturated rings. The number of benzene rings is 2. The van der Waals surface area contributed by atoms with Crippen LogP contribution in [0.3, 0.4) is 0 Å². The van der Waals surface area contributed by atoms with Gasteiger partial charge in [0.2, 0.25) is 0 Å². The van der Waals surface area contributed by atoms with E-state index in [4.69, 9.17) is 28.9 Å². The first-order valence-corrected chi connectivity index (χ1v) is 7.71. The first-order valence-electron chi connectivity index (χ1n) is 6.95. The minimum absolute atomic E-state index is 0.137. The maximum absolute atomic E-state index is 12.3. The number of rotatable bonds is 4. The standard InChI is InChI=1S/C16H15Cl2N3O/c17-9-1-5-15(13(18)7-9)21-14-6-2-10(19)8-12(14)16(22)20-11-3-4-11/h1-2,5-8,11,21H,3-4,19H2,(H,20,22). The van der Waals surface area contributed by atoms with Crippen molar-refractivity contribution in [3.8, 4) is 0 Å². The molecule has 22 heavy (non-hydrogen) atoms. The number of hydrogen-bond donors (Lipinski definition) is 3. The van der Waals surface area contributed by atoms with Crippen LogP contribution in [0.4, 0.5) is 17.1 Å². The van der Waals surface area contributed by atoms with Gasteiger partial charge >= 0.3 is 0 Å². The number of anilines is 3. The SMILES string of the molecule is Nc1ccc(Nc2ccc(Cl)cc2Cl)c(C(=O)NC2CC2)c1. The van der Waals surface area contributed by atoms with Gasteiger partial charge in [-0.2, -0.15) is 0 Å². The molecule has 0 bridgehead atoms. The molecule has 0 aliphatic heterocycles. The third-order valence-electron chi connectivity index (χ3n) is 3.40. The molecule has 1 aliphatic carbocycles. The Morgan fingerprint density at radius 1 is 1.09 bits per heavy atom. The molecular weight excluding hydrogens is 321 g/mol. The Labute approximate surface area is 138 Å². The van der Waals surface area contributed by atoms with Crippen LogP contribution in [0, 0.1) is 0 Å². The fourth-order valence-electron chi connectivity index (χ4n) is 2.09. The molecule has 0 spiro atoms. The number of nitrogens with two attached hydrogens (primary N) is 1. The molecule has 4 N–H and O–H groups in total. The van der Waals surface area contributed by atoms with Crippen molar-refractivity contribution in [1.82, 2.24) is 5.32 Å². The van der Waals surface area contributed by atoms with E-state index < -0.39 is 0 Å². The van der Waals surface area contributed by atoms with Crippen molar-refractivity contribution in [1.29, 1.82) is 0 Å². The van der Waals surface area contributed by atoms with E-state index in [9.17, 15) is 4.79 Å². The molecule has 0 unspecified atom stereocenters. The number of halogens is 2. The van der Waals surface area contributed by atoms with E-state index in [1.807, 2.05) is 0 Å². The summed E-state index contributed by atoms with van der Waals surface area (Å²) in [4.78, 5) is 12.3. The zero-order valence-electron chi connectivity index (χ0n) is 11.7. The predicted octanol–water partition coefficient (Wildman–Crippen LogP) is 4.21.